The van der Waals surface area contributed by atoms with Crippen molar-refractivity contribution in [1.82, 2.24) is 14.8 Å². The second kappa shape index (κ2) is 7.14. The van der Waals surface area contributed by atoms with E-state index in [4.69, 9.17) is 0 Å². The average Bonchev–Trinajstić information content (AvgIpc) is 3.29. The number of nitriles is 1. The summed E-state index contributed by atoms with van der Waals surface area (Å²) in [4.78, 5) is 4.20. The fraction of sp³-hybridized carbons (Fsp3) is 0.320. The van der Waals surface area contributed by atoms with Gasteiger partial charge in [-0.3, -0.25) is 4.98 Å². The van der Waals surface area contributed by atoms with Gasteiger partial charge in [0.1, 0.15) is 5.82 Å². The molecule has 0 aliphatic heterocycles. The van der Waals surface area contributed by atoms with E-state index in [1.807, 2.05) is 23.0 Å². The van der Waals surface area contributed by atoms with E-state index in [1.165, 1.54) is 17.7 Å². The highest BCUT2D eigenvalue weighted by Crippen LogP contribution is 2.56. The number of nitrogens with zero attached hydrogens (tertiary/aromatic N) is 4. The van der Waals surface area contributed by atoms with E-state index < -0.39 is 16.8 Å². The Kier molecular flexibility index (Phi) is 4.53. The first-order chi connectivity index (χ1) is 14.9. The van der Waals surface area contributed by atoms with Crippen molar-refractivity contribution in [2.24, 2.45) is 5.41 Å². The Morgan fingerprint density at radius 3 is 2.94 bits per heavy atom. The van der Waals surface area contributed by atoms with E-state index in [2.05, 4.69) is 29.2 Å². The lowest BCUT2D eigenvalue weighted by Crippen LogP contribution is -2.45. The number of rotatable bonds is 4. The van der Waals surface area contributed by atoms with Crippen molar-refractivity contribution >= 4 is 6.08 Å². The number of halogens is 1. The molecule has 0 radical (unpaired) electrons. The average molecular weight is 414 g/mol. The number of aliphatic hydroxyl groups is 1. The molecule has 0 bridgehead atoms. The molecule has 156 valence electrons. The van der Waals surface area contributed by atoms with Crippen LogP contribution in [0.2, 0.25) is 0 Å². The van der Waals surface area contributed by atoms with Gasteiger partial charge in [-0.25, -0.2) is 9.07 Å². The van der Waals surface area contributed by atoms with Crippen LogP contribution in [-0.4, -0.2) is 25.5 Å². The molecule has 2 aliphatic rings. The monoisotopic (exact) mass is 414 g/mol. The molecule has 3 aromatic rings. The summed E-state index contributed by atoms with van der Waals surface area (Å²) in [5.41, 5.74) is 4.13. The van der Waals surface area contributed by atoms with Crippen molar-refractivity contribution in [3.05, 3.63) is 82.7 Å². The molecule has 5 rings (SSSR count). The number of hydrogen-bond donors (Lipinski definition) is 1. The molecule has 2 heterocycles. The fourth-order valence-corrected chi connectivity index (χ4v) is 5.23. The van der Waals surface area contributed by atoms with Crippen molar-refractivity contribution < 1.29 is 9.50 Å². The third-order valence-electron chi connectivity index (χ3n) is 7.18. The topological polar surface area (TPSA) is 74.7 Å². The normalized spacial score (nSPS) is 24.3. The summed E-state index contributed by atoms with van der Waals surface area (Å²) >= 11 is 0. The van der Waals surface area contributed by atoms with Crippen LogP contribution >= 0.6 is 0 Å². The quantitative estimate of drug-likeness (QED) is 0.687. The molecule has 1 saturated carbocycles. The Morgan fingerprint density at radius 2 is 2.16 bits per heavy atom. The molecule has 0 amide bonds. The summed E-state index contributed by atoms with van der Waals surface area (Å²) in [5, 5.41) is 25.7. The van der Waals surface area contributed by atoms with Crippen LogP contribution in [0.1, 0.15) is 48.6 Å². The minimum absolute atomic E-state index is 0.339. The van der Waals surface area contributed by atoms with Gasteiger partial charge in [-0.1, -0.05) is 18.6 Å². The molecule has 1 N–H and O–H groups in total. The van der Waals surface area contributed by atoms with Crippen LogP contribution in [0.25, 0.3) is 11.8 Å². The lowest BCUT2D eigenvalue weighted by molar-refractivity contribution is -0.0461. The van der Waals surface area contributed by atoms with Crippen LogP contribution < -0.4 is 0 Å². The van der Waals surface area contributed by atoms with Gasteiger partial charge in [-0.2, -0.15) is 10.4 Å². The molecule has 31 heavy (non-hydrogen) atoms. The Hall–Kier alpha value is -3.30. The standard InChI is InChI=1S/C25H23FN4O/c1-24-13-19-15-29-30(22-3-2-10-28-16-22)23(19)12-20(24)7-9-25(24,31)8-6-17-4-5-21(26)11-18(17)14-27/h2-5,10-12,15-16,31H,6-9,13H2,1H3/t24-,25-/m0/s1. The summed E-state index contributed by atoms with van der Waals surface area (Å²) in [7, 11) is 0. The van der Waals surface area contributed by atoms with Crippen molar-refractivity contribution in [2.45, 2.75) is 44.6 Å². The molecule has 2 aromatic heterocycles. The van der Waals surface area contributed by atoms with Crippen LogP contribution in [0.5, 0.6) is 0 Å². The summed E-state index contributed by atoms with van der Waals surface area (Å²) in [6.45, 7) is 2.13. The van der Waals surface area contributed by atoms with Gasteiger partial charge in [-0.05, 0) is 73.6 Å². The van der Waals surface area contributed by atoms with Crippen LogP contribution in [0.4, 0.5) is 4.39 Å². The minimum atomic E-state index is -0.895. The zero-order valence-corrected chi connectivity index (χ0v) is 17.3. The van der Waals surface area contributed by atoms with Gasteiger partial charge < -0.3 is 5.11 Å². The zero-order valence-electron chi connectivity index (χ0n) is 17.3. The van der Waals surface area contributed by atoms with Gasteiger partial charge in [-0.15, -0.1) is 0 Å². The summed E-state index contributed by atoms with van der Waals surface area (Å²) in [6, 6.07) is 10.2. The minimum Gasteiger partial charge on any atom is -0.389 e. The summed E-state index contributed by atoms with van der Waals surface area (Å²) in [5.74, 6) is -0.414. The highest BCUT2D eigenvalue weighted by molar-refractivity contribution is 5.62. The Bertz CT molecular complexity index is 1230. The Labute approximate surface area is 180 Å². The molecule has 2 aliphatic carbocycles. The lowest BCUT2D eigenvalue weighted by atomic mass is 9.65. The second-order valence-corrected chi connectivity index (χ2v) is 8.80. The van der Waals surface area contributed by atoms with Gasteiger partial charge in [0.25, 0.3) is 0 Å². The van der Waals surface area contributed by atoms with Crippen molar-refractivity contribution in [3.8, 4) is 11.8 Å². The molecule has 1 aromatic carbocycles. The number of hydrogen-bond acceptors (Lipinski definition) is 4. The van der Waals surface area contributed by atoms with Crippen molar-refractivity contribution in [3.63, 3.8) is 0 Å². The van der Waals surface area contributed by atoms with E-state index in [-0.39, 0.29) is 0 Å². The number of aryl methyl sites for hydroxylation is 1. The molecule has 0 unspecified atom stereocenters. The largest absolute Gasteiger partial charge is 0.389 e. The van der Waals surface area contributed by atoms with E-state index in [1.54, 1.807) is 18.5 Å². The Morgan fingerprint density at radius 1 is 1.29 bits per heavy atom. The van der Waals surface area contributed by atoms with Crippen LogP contribution in [0.3, 0.4) is 0 Å². The second-order valence-electron chi connectivity index (χ2n) is 8.80. The molecule has 1 fully saturated rings. The number of pyridine rings is 1. The summed E-state index contributed by atoms with van der Waals surface area (Å²) in [6.07, 6.45) is 10.8. The SMILES string of the molecule is C[C@]12Cc3cnn(-c4cccnc4)c3C=C1CC[C@@]2(O)CCc1ccc(F)cc1C#N. The van der Waals surface area contributed by atoms with Crippen LogP contribution in [-0.2, 0) is 12.8 Å². The van der Waals surface area contributed by atoms with Gasteiger partial charge in [0.15, 0.2) is 0 Å². The molecule has 0 saturated heterocycles. The lowest BCUT2D eigenvalue weighted by Gasteiger charge is -2.42. The number of fused-ring (bicyclic) bond motifs is 2. The molecule has 6 heteroatoms. The van der Waals surface area contributed by atoms with Gasteiger partial charge in [0.05, 0.1) is 41.0 Å². The molecular formula is C25H23FN4O. The third kappa shape index (κ3) is 3.08. The first-order valence-corrected chi connectivity index (χ1v) is 10.5. The van der Waals surface area contributed by atoms with Crippen molar-refractivity contribution in [2.75, 3.05) is 0 Å². The van der Waals surface area contributed by atoms with E-state index >= 15 is 0 Å². The van der Waals surface area contributed by atoms with E-state index in [0.717, 1.165) is 28.9 Å². The molecular weight excluding hydrogens is 391 g/mol. The summed E-state index contributed by atoms with van der Waals surface area (Å²) < 4.78 is 15.4. The predicted molar refractivity (Wildman–Crippen MR) is 115 cm³/mol. The van der Waals surface area contributed by atoms with E-state index in [9.17, 15) is 14.8 Å². The smallest absolute Gasteiger partial charge is 0.124 e. The zero-order chi connectivity index (χ0) is 21.6. The first-order valence-electron chi connectivity index (χ1n) is 10.5. The van der Waals surface area contributed by atoms with Crippen LogP contribution in [0, 0.1) is 22.6 Å². The fourth-order valence-electron chi connectivity index (χ4n) is 5.23. The first kappa shape index (κ1) is 19.7. The maximum absolute atomic E-state index is 13.5. The predicted octanol–water partition coefficient (Wildman–Crippen LogP) is 4.38. The van der Waals surface area contributed by atoms with Crippen LogP contribution in [0.15, 0.2) is 54.5 Å². The third-order valence-corrected chi connectivity index (χ3v) is 7.18. The molecule has 5 nitrogen and oxygen atoms in total. The van der Waals surface area contributed by atoms with Gasteiger partial charge >= 0.3 is 0 Å². The van der Waals surface area contributed by atoms with Crippen molar-refractivity contribution in [1.29, 1.82) is 5.26 Å². The Balaban J connectivity index is 1.44. The number of aromatic nitrogens is 3. The molecule has 2 atom stereocenters. The van der Waals surface area contributed by atoms with Gasteiger partial charge in [0, 0.05) is 11.6 Å². The van der Waals surface area contributed by atoms with Gasteiger partial charge in [0.2, 0.25) is 0 Å². The highest BCUT2D eigenvalue weighted by Gasteiger charge is 2.54. The maximum atomic E-state index is 13.5. The molecule has 0 spiro atoms. The highest BCUT2D eigenvalue weighted by atomic mass is 19.1. The maximum Gasteiger partial charge on any atom is 0.124 e. The van der Waals surface area contributed by atoms with E-state index in [0.29, 0.717) is 31.2 Å². The number of benzene rings is 1.